The highest BCUT2D eigenvalue weighted by Gasteiger charge is 2.19. The molecule has 3 rings (SSSR count). The number of primary amides is 1. The molecule has 0 saturated carbocycles. The lowest BCUT2D eigenvalue weighted by molar-refractivity contribution is -0.112. The van der Waals surface area contributed by atoms with Gasteiger partial charge in [0.25, 0.3) is 0 Å². The van der Waals surface area contributed by atoms with Gasteiger partial charge in [-0.3, -0.25) is 9.78 Å². The van der Waals surface area contributed by atoms with E-state index in [0.717, 1.165) is 0 Å². The van der Waals surface area contributed by atoms with Gasteiger partial charge in [0.1, 0.15) is 17.6 Å². The third-order valence-corrected chi connectivity index (χ3v) is 5.32. The van der Waals surface area contributed by atoms with E-state index in [4.69, 9.17) is 10.5 Å². The Labute approximate surface area is 193 Å². The van der Waals surface area contributed by atoms with Crippen molar-refractivity contribution in [1.82, 2.24) is 9.88 Å². The van der Waals surface area contributed by atoms with Crippen LogP contribution in [0.3, 0.4) is 0 Å². The van der Waals surface area contributed by atoms with Gasteiger partial charge in [0.05, 0.1) is 28.4 Å². The summed E-state index contributed by atoms with van der Waals surface area (Å²) < 4.78 is 19.4. The molecular formula is C23H21BrFN5O2. The SMILES string of the molecule is COc1cc2ncc(C#N)c(Nc3ccc(F)c(Br)c3)c2cc1C(=CCN(C)C)C(N)=O. The molecule has 7 nitrogen and oxygen atoms in total. The fourth-order valence-electron chi connectivity index (χ4n) is 3.15. The number of nitrogens with two attached hydrogens (primary N) is 1. The molecule has 164 valence electrons. The van der Waals surface area contributed by atoms with Crippen molar-refractivity contribution in [2.24, 2.45) is 5.73 Å². The third kappa shape index (κ3) is 4.88. The first-order valence-electron chi connectivity index (χ1n) is 9.53. The number of benzene rings is 2. The number of amides is 1. The summed E-state index contributed by atoms with van der Waals surface area (Å²) in [5.74, 6) is -0.584. The largest absolute Gasteiger partial charge is 0.496 e. The van der Waals surface area contributed by atoms with Gasteiger partial charge in [-0.15, -0.1) is 0 Å². The highest BCUT2D eigenvalue weighted by Crippen LogP contribution is 2.36. The molecule has 1 amide bonds. The van der Waals surface area contributed by atoms with Gasteiger partial charge in [0, 0.05) is 41.0 Å². The van der Waals surface area contributed by atoms with E-state index in [0.29, 0.717) is 40.1 Å². The summed E-state index contributed by atoms with van der Waals surface area (Å²) >= 11 is 3.17. The number of anilines is 2. The van der Waals surface area contributed by atoms with Gasteiger partial charge in [0.2, 0.25) is 5.91 Å². The molecule has 0 aliphatic rings. The first-order chi connectivity index (χ1) is 15.2. The number of likely N-dealkylation sites (N-methyl/N-ethyl adjacent to an activating group) is 1. The number of carbonyl (C=O) groups is 1. The maximum Gasteiger partial charge on any atom is 0.249 e. The van der Waals surface area contributed by atoms with Crippen molar-refractivity contribution in [3.8, 4) is 11.8 Å². The molecule has 0 aliphatic heterocycles. The van der Waals surface area contributed by atoms with E-state index in [1.807, 2.05) is 19.0 Å². The number of hydrogen-bond acceptors (Lipinski definition) is 6. The van der Waals surface area contributed by atoms with Crippen molar-refractivity contribution >= 4 is 49.7 Å². The first kappa shape index (κ1) is 23.2. The van der Waals surface area contributed by atoms with Crippen LogP contribution in [0.4, 0.5) is 15.8 Å². The Morgan fingerprint density at radius 2 is 2.12 bits per heavy atom. The van der Waals surface area contributed by atoms with Crippen LogP contribution in [-0.4, -0.2) is 43.5 Å². The number of nitrogens with one attached hydrogen (secondary N) is 1. The summed E-state index contributed by atoms with van der Waals surface area (Å²) in [5, 5.41) is 13.4. The van der Waals surface area contributed by atoms with Gasteiger partial charge < -0.3 is 20.7 Å². The van der Waals surface area contributed by atoms with E-state index in [1.54, 1.807) is 30.3 Å². The minimum Gasteiger partial charge on any atom is -0.496 e. The van der Waals surface area contributed by atoms with Gasteiger partial charge in [-0.2, -0.15) is 5.26 Å². The summed E-state index contributed by atoms with van der Waals surface area (Å²) in [4.78, 5) is 18.5. The molecule has 2 aromatic carbocycles. The molecule has 0 atom stereocenters. The molecule has 3 aromatic rings. The molecule has 0 aliphatic carbocycles. The van der Waals surface area contributed by atoms with Crippen LogP contribution in [0.15, 0.2) is 47.1 Å². The molecule has 0 fully saturated rings. The van der Waals surface area contributed by atoms with Crippen LogP contribution < -0.4 is 15.8 Å². The summed E-state index contributed by atoms with van der Waals surface area (Å²) in [5.41, 5.74) is 8.30. The molecule has 0 unspecified atom stereocenters. The van der Waals surface area contributed by atoms with Gasteiger partial charge in [0.15, 0.2) is 0 Å². The zero-order chi connectivity index (χ0) is 23.4. The van der Waals surface area contributed by atoms with Crippen molar-refractivity contribution in [1.29, 1.82) is 5.26 Å². The second-order valence-corrected chi connectivity index (χ2v) is 8.08. The van der Waals surface area contributed by atoms with E-state index < -0.39 is 11.7 Å². The Morgan fingerprint density at radius 1 is 1.38 bits per heavy atom. The number of pyridine rings is 1. The Hall–Kier alpha value is -3.48. The summed E-state index contributed by atoms with van der Waals surface area (Å²) in [6, 6.07) is 9.96. The summed E-state index contributed by atoms with van der Waals surface area (Å²) in [6.45, 7) is 0.491. The molecule has 0 radical (unpaired) electrons. The number of fused-ring (bicyclic) bond motifs is 1. The van der Waals surface area contributed by atoms with Crippen molar-refractivity contribution in [2.45, 2.75) is 0 Å². The molecule has 32 heavy (non-hydrogen) atoms. The number of ether oxygens (including phenoxy) is 1. The molecule has 0 spiro atoms. The number of halogens is 2. The van der Waals surface area contributed by atoms with Crippen molar-refractivity contribution in [3.05, 3.63) is 64.0 Å². The number of aromatic nitrogens is 1. The van der Waals surface area contributed by atoms with Crippen molar-refractivity contribution < 1.29 is 13.9 Å². The van der Waals surface area contributed by atoms with E-state index in [2.05, 4.69) is 32.3 Å². The molecule has 1 aromatic heterocycles. The third-order valence-electron chi connectivity index (χ3n) is 4.71. The molecule has 3 N–H and O–H groups in total. The Morgan fingerprint density at radius 3 is 2.72 bits per heavy atom. The zero-order valence-corrected chi connectivity index (χ0v) is 19.3. The summed E-state index contributed by atoms with van der Waals surface area (Å²) in [7, 11) is 5.24. The van der Waals surface area contributed by atoms with Crippen LogP contribution in [0, 0.1) is 17.1 Å². The van der Waals surface area contributed by atoms with Gasteiger partial charge >= 0.3 is 0 Å². The maximum atomic E-state index is 13.7. The highest BCUT2D eigenvalue weighted by molar-refractivity contribution is 9.10. The quantitative estimate of drug-likeness (QED) is 0.474. The lowest BCUT2D eigenvalue weighted by Gasteiger charge is -2.16. The normalized spacial score (nSPS) is 11.5. The highest BCUT2D eigenvalue weighted by atomic mass is 79.9. The monoisotopic (exact) mass is 497 g/mol. The van der Waals surface area contributed by atoms with E-state index >= 15 is 0 Å². The minimum absolute atomic E-state index is 0.282. The van der Waals surface area contributed by atoms with Crippen LogP contribution in [0.2, 0.25) is 0 Å². The predicted molar refractivity (Wildman–Crippen MR) is 126 cm³/mol. The average molecular weight is 498 g/mol. The first-order valence-corrected chi connectivity index (χ1v) is 10.3. The van der Waals surface area contributed by atoms with E-state index in [1.165, 1.54) is 19.4 Å². The van der Waals surface area contributed by atoms with Crippen molar-refractivity contribution in [2.75, 3.05) is 33.1 Å². The van der Waals surface area contributed by atoms with Gasteiger partial charge in [-0.1, -0.05) is 6.08 Å². The molecular weight excluding hydrogens is 477 g/mol. The maximum absolute atomic E-state index is 13.7. The average Bonchev–Trinajstić information content (AvgIpc) is 2.75. The topological polar surface area (TPSA) is 104 Å². The number of nitrogens with zero attached hydrogens (tertiary/aromatic N) is 3. The van der Waals surface area contributed by atoms with Crippen LogP contribution in [0.25, 0.3) is 16.5 Å². The number of rotatable bonds is 7. The molecule has 0 bridgehead atoms. The fourth-order valence-corrected chi connectivity index (χ4v) is 3.53. The standard InChI is InChI=1S/C23H21BrFN5O2/c1-30(2)7-6-15(23(27)31)16-9-17-20(10-21(16)32-3)28-12-13(11-26)22(17)29-14-4-5-19(25)18(24)8-14/h4-6,8-10,12H,7H2,1-3H3,(H2,27,31)(H,28,29). The van der Waals surface area contributed by atoms with Crippen molar-refractivity contribution in [3.63, 3.8) is 0 Å². The van der Waals surface area contributed by atoms with Crippen LogP contribution in [-0.2, 0) is 4.79 Å². The van der Waals surface area contributed by atoms with Gasteiger partial charge in [-0.05, 0) is 54.3 Å². The predicted octanol–water partition coefficient (Wildman–Crippen LogP) is 4.19. The summed E-state index contributed by atoms with van der Waals surface area (Å²) in [6.07, 6.45) is 3.16. The fraction of sp³-hybridized carbons (Fsp3) is 0.174. The second kappa shape index (κ2) is 9.77. The molecule has 0 saturated heterocycles. The van der Waals surface area contributed by atoms with Crippen LogP contribution in [0.1, 0.15) is 11.1 Å². The van der Waals surface area contributed by atoms with Crippen LogP contribution in [0.5, 0.6) is 5.75 Å². The zero-order valence-electron chi connectivity index (χ0n) is 17.7. The molecule has 1 heterocycles. The molecule has 9 heteroatoms. The minimum atomic E-state index is -0.606. The number of hydrogen-bond donors (Lipinski definition) is 2. The van der Waals surface area contributed by atoms with E-state index in [9.17, 15) is 14.4 Å². The van der Waals surface area contributed by atoms with Crippen LogP contribution >= 0.6 is 15.9 Å². The lowest BCUT2D eigenvalue weighted by atomic mass is 9.99. The number of carbonyl (C=O) groups excluding carboxylic acids is 1. The van der Waals surface area contributed by atoms with E-state index in [-0.39, 0.29) is 15.6 Å². The smallest absolute Gasteiger partial charge is 0.249 e. The lowest BCUT2D eigenvalue weighted by Crippen LogP contribution is -2.17. The Balaban J connectivity index is 2.26. The van der Waals surface area contributed by atoms with Gasteiger partial charge in [-0.25, -0.2) is 4.39 Å². The Bertz CT molecular complexity index is 1270. The Kier molecular flexibility index (Phi) is 7.08. The number of methoxy groups -OCH3 is 1. The number of nitriles is 1. The second-order valence-electron chi connectivity index (χ2n) is 7.23.